The summed E-state index contributed by atoms with van der Waals surface area (Å²) in [6, 6.07) is 12.1. The van der Waals surface area contributed by atoms with E-state index in [4.69, 9.17) is 5.73 Å². The van der Waals surface area contributed by atoms with Gasteiger partial charge in [-0.2, -0.15) is 0 Å². The number of hydrogen-bond acceptors (Lipinski definition) is 2. The first-order valence-electron chi connectivity index (χ1n) is 5.95. The molecule has 0 aliphatic heterocycles. The molecule has 0 spiro atoms. The average molecular weight is 380 g/mol. The Bertz CT molecular complexity index is 666. The molecule has 0 heterocycles. The van der Waals surface area contributed by atoms with Crippen molar-refractivity contribution in [1.82, 2.24) is 0 Å². The van der Waals surface area contributed by atoms with E-state index >= 15 is 0 Å². The summed E-state index contributed by atoms with van der Waals surface area (Å²) >= 11 is 2.14. The molecule has 2 amide bonds. The first kappa shape index (κ1) is 14.5. The van der Waals surface area contributed by atoms with Crippen molar-refractivity contribution in [1.29, 1.82) is 0 Å². The lowest BCUT2D eigenvalue weighted by atomic mass is 10.1. The molecule has 0 aliphatic rings. The summed E-state index contributed by atoms with van der Waals surface area (Å²) in [4.78, 5) is 23.1. The van der Waals surface area contributed by atoms with Gasteiger partial charge >= 0.3 is 0 Å². The summed E-state index contributed by atoms with van der Waals surface area (Å²) in [5.41, 5.74) is 7.92. The van der Waals surface area contributed by atoms with E-state index < -0.39 is 5.91 Å². The van der Waals surface area contributed by atoms with Gasteiger partial charge in [-0.3, -0.25) is 9.59 Å². The minimum atomic E-state index is -0.490. The van der Waals surface area contributed by atoms with Crippen LogP contribution >= 0.6 is 22.6 Å². The van der Waals surface area contributed by atoms with Crippen molar-refractivity contribution in [2.24, 2.45) is 5.73 Å². The summed E-state index contributed by atoms with van der Waals surface area (Å²) in [6.45, 7) is 1.98. The number of primary amides is 1. The number of nitrogens with one attached hydrogen (secondary N) is 1. The topological polar surface area (TPSA) is 72.2 Å². The van der Waals surface area contributed by atoms with E-state index in [9.17, 15) is 9.59 Å². The summed E-state index contributed by atoms with van der Waals surface area (Å²) in [5, 5.41) is 2.79. The van der Waals surface area contributed by atoms with Crippen LogP contribution in [0.3, 0.4) is 0 Å². The molecule has 0 bridgehead atoms. The van der Waals surface area contributed by atoms with Gasteiger partial charge < -0.3 is 11.1 Å². The molecule has 0 fully saturated rings. The van der Waals surface area contributed by atoms with Gasteiger partial charge in [-0.1, -0.05) is 11.6 Å². The maximum atomic E-state index is 12.2. The monoisotopic (exact) mass is 380 g/mol. The number of carbonyl (C=O) groups excluding carboxylic acids is 2. The molecule has 102 valence electrons. The molecule has 5 heteroatoms. The van der Waals surface area contributed by atoms with Crippen LogP contribution in [0, 0.1) is 10.5 Å². The number of amides is 2. The molecule has 20 heavy (non-hydrogen) atoms. The number of carbonyl (C=O) groups is 2. The fraction of sp³-hybridized carbons (Fsp3) is 0.0667. The average Bonchev–Trinajstić information content (AvgIpc) is 2.39. The van der Waals surface area contributed by atoms with Gasteiger partial charge in [0.15, 0.2) is 0 Å². The number of rotatable bonds is 3. The number of benzene rings is 2. The Morgan fingerprint density at radius 3 is 2.30 bits per heavy atom. The van der Waals surface area contributed by atoms with Crippen LogP contribution < -0.4 is 11.1 Å². The van der Waals surface area contributed by atoms with Crippen molar-refractivity contribution in [2.45, 2.75) is 6.92 Å². The molecule has 2 rings (SSSR count). The summed E-state index contributed by atoms with van der Waals surface area (Å²) in [7, 11) is 0. The molecule has 4 nitrogen and oxygen atoms in total. The molecule has 0 radical (unpaired) electrons. The van der Waals surface area contributed by atoms with Crippen molar-refractivity contribution in [3.8, 4) is 0 Å². The van der Waals surface area contributed by atoms with Crippen LogP contribution in [0.25, 0.3) is 0 Å². The fourth-order valence-corrected chi connectivity index (χ4v) is 2.64. The normalized spacial score (nSPS) is 10.1. The van der Waals surface area contributed by atoms with Gasteiger partial charge in [0.2, 0.25) is 5.91 Å². The van der Waals surface area contributed by atoms with Gasteiger partial charge in [0.05, 0.1) is 5.56 Å². The van der Waals surface area contributed by atoms with E-state index in [1.54, 1.807) is 30.3 Å². The number of halogens is 1. The number of aryl methyl sites for hydroxylation is 1. The van der Waals surface area contributed by atoms with E-state index in [1.807, 2.05) is 19.1 Å². The Morgan fingerprint density at radius 2 is 1.75 bits per heavy atom. The Labute approximate surface area is 130 Å². The maximum absolute atomic E-state index is 12.2. The second-order valence-corrected chi connectivity index (χ2v) is 5.54. The Kier molecular flexibility index (Phi) is 4.39. The third-order valence-electron chi connectivity index (χ3n) is 2.80. The molecule has 2 aromatic carbocycles. The second-order valence-electron chi connectivity index (χ2n) is 4.38. The predicted octanol–water partition coefficient (Wildman–Crippen LogP) is 2.95. The fourth-order valence-electron chi connectivity index (χ4n) is 1.72. The summed E-state index contributed by atoms with van der Waals surface area (Å²) in [6.07, 6.45) is 0. The number of anilines is 1. The van der Waals surface area contributed by atoms with Crippen LogP contribution in [0.15, 0.2) is 42.5 Å². The van der Waals surface area contributed by atoms with Crippen LogP contribution in [0.1, 0.15) is 26.3 Å². The molecule has 0 atom stereocenters. The van der Waals surface area contributed by atoms with Crippen LogP contribution in [0.4, 0.5) is 5.69 Å². The summed E-state index contributed by atoms with van der Waals surface area (Å²) in [5.74, 6) is -0.669. The largest absolute Gasteiger partial charge is 0.366 e. The molecule has 2 aromatic rings. The lowest BCUT2D eigenvalue weighted by molar-refractivity contribution is 0.0998. The minimum Gasteiger partial charge on any atom is -0.366 e. The molecule has 0 aromatic heterocycles. The van der Waals surface area contributed by atoms with Gasteiger partial charge in [0.1, 0.15) is 0 Å². The van der Waals surface area contributed by atoms with Crippen molar-refractivity contribution in [3.05, 3.63) is 62.7 Å². The van der Waals surface area contributed by atoms with Crippen LogP contribution in [0.5, 0.6) is 0 Å². The van der Waals surface area contributed by atoms with Crippen LogP contribution in [0.2, 0.25) is 0 Å². The molecular weight excluding hydrogens is 367 g/mol. The first-order valence-corrected chi connectivity index (χ1v) is 7.02. The lowest BCUT2D eigenvalue weighted by Gasteiger charge is -2.08. The lowest BCUT2D eigenvalue weighted by Crippen LogP contribution is -2.14. The standard InChI is InChI=1S/C15H13IN2O2/c1-9-2-7-12(13(16)8-9)15(20)18-11-5-3-10(4-6-11)14(17)19/h2-8H,1H3,(H2,17,19)(H,18,20). The second kappa shape index (κ2) is 6.04. The van der Waals surface area contributed by atoms with Crippen LogP contribution in [-0.4, -0.2) is 11.8 Å². The first-order chi connectivity index (χ1) is 9.47. The zero-order valence-corrected chi connectivity index (χ0v) is 13.0. The summed E-state index contributed by atoms with van der Waals surface area (Å²) < 4.78 is 0.897. The highest BCUT2D eigenvalue weighted by atomic mass is 127. The van der Waals surface area contributed by atoms with E-state index in [0.717, 1.165) is 9.13 Å². The third-order valence-corrected chi connectivity index (χ3v) is 3.69. The molecule has 0 saturated carbocycles. The minimum absolute atomic E-state index is 0.179. The van der Waals surface area contributed by atoms with Crippen molar-refractivity contribution < 1.29 is 9.59 Å². The Morgan fingerprint density at radius 1 is 1.10 bits per heavy atom. The molecule has 0 aliphatic carbocycles. The molecule has 3 N–H and O–H groups in total. The van der Waals surface area contributed by atoms with Gasteiger partial charge in [0.25, 0.3) is 5.91 Å². The number of nitrogens with two attached hydrogens (primary N) is 1. The molecule has 0 unspecified atom stereocenters. The van der Waals surface area contributed by atoms with Crippen molar-refractivity contribution in [2.75, 3.05) is 5.32 Å². The SMILES string of the molecule is Cc1ccc(C(=O)Nc2ccc(C(N)=O)cc2)c(I)c1. The van der Waals surface area contributed by atoms with Gasteiger partial charge in [0, 0.05) is 14.8 Å². The highest BCUT2D eigenvalue weighted by Crippen LogP contribution is 2.17. The Balaban J connectivity index is 2.17. The molecule has 0 saturated heterocycles. The maximum Gasteiger partial charge on any atom is 0.256 e. The highest BCUT2D eigenvalue weighted by molar-refractivity contribution is 14.1. The van der Waals surface area contributed by atoms with Gasteiger partial charge in [-0.25, -0.2) is 0 Å². The highest BCUT2D eigenvalue weighted by Gasteiger charge is 2.10. The van der Waals surface area contributed by atoms with Crippen LogP contribution in [-0.2, 0) is 0 Å². The van der Waals surface area contributed by atoms with E-state index in [0.29, 0.717) is 16.8 Å². The van der Waals surface area contributed by atoms with Crippen molar-refractivity contribution >= 4 is 40.1 Å². The van der Waals surface area contributed by atoms with Gasteiger partial charge in [-0.05, 0) is 65.9 Å². The van der Waals surface area contributed by atoms with E-state index in [1.165, 1.54) is 0 Å². The van der Waals surface area contributed by atoms with E-state index in [2.05, 4.69) is 27.9 Å². The predicted molar refractivity (Wildman–Crippen MR) is 86.8 cm³/mol. The smallest absolute Gasteiger partial charge is 0.256 e. The van der Waals surface area contributed by atoms with Crippen molar-refractivity contribution in [3.63, 3.8) is 0 Å². The Hall–Kier alpha value is -1.89. The van der Waals surface area contributed by atoms with Gasteiger partial charge in [-0.15, -0.1) is 0 Å². The molecular formula is C15H13IN2O2. The number of hydrogen-bond donors (Lipinski definition) is 2. The quantitative estimate of drug-likeness (QED) is 0.804. The zero-order chi connectivity index (χ0) is 14.7. The third kappa shape index (κ3) is 3.36. The van der Waals surface area contributed by atoms with E-state index in [-0.39, 0.29) is 5.91 Å². The zero-order valence-electron chi connectivity index (χ0n) is 10.8.